The fourth-order valence-corrected chi connectivity index (χ4v) is 3.18. The molecular formula is C20H21N3O4S. The van der Waals surface area contributed by atoms with Gasteiger partial charge in [-0.3, -0.25) is 25.8 Å². The fraction of sp³-hybridized carbons (Fsp3) is 0.250. The molecule has 146 valence electrons. The Morgan fingerprint density at radius 2 is 1.61 bits per heavy atom. The molecule has 2 aromatic rings. The van der Waals surface area contributed by atoms with E-state index >= 15 is 0 Å². The van der Waals surface area contributed by atoms with Gasteiger partial charge in [0.25, 0.3) is 5.91 Å². The van der Waals surface area contributed by atoms with Crippen LogP contribution in [0.1, 0.15) is 28.3 Å². The first kappa shape index (κ1) is 19.6. The van der Waals surface area contributed by atoms with Crippen LogP contribution < -0.4 is 25.6 Å². The number of thiocarbonyl (C=S) groups is 1. The van der Waals surface area contributed by atoms with Crippen LogP contribution in [0.4, 0.5) is 0 Å². The zero-order valence-electron chi connectivity index (χ0n) is 15.5. The summed E-state index contributed by atoms with van der Waals surface area (Å²) in [7, 11) is 2.92. The van der Waals surface area contributed by atoms with Crippen molar-refractivity contribution in [3.63, 3.8) is 0 Å². The molecule has 0 saturated heterocycles. The van der Waals surface area contributed by atoms with Gasteiger partial charge in [-0.25, -0.2) is 0 Å². The van der Waals surface area contributed by atoms with Gasteiger partial charge in [-0.05, 0) is 42.3 Å². The Balaban J connectivity index is 1.53. The Morgan fingerprint density at radius 3 is 2.21 bits per heavy atom. The van der Waals surface area contributed by atoms with Crippen LogP contribution in [-0.4, -0.2) is 31.1 Å². The predicted molar refractivity (Wildman–Crippen MR) is 108 cm³/mol. The van der Waals surface area contributed by atoms with Crippen molar-refractivity contribution in [1.29, 1.82) is 0 Å². The first-order valence-corrected chi connectivity index (χ1v) is 9.13. The molecule has 2 amide bonds. The molecule has 0 bridgehead atoms. The zero-order valence-corrected chi connectivity index (χ0v) is 16.3. The topological polar surface area (TPSA) is 88.7 Å². The van der Waals surface area contributed by atoms with Gasteiger partial charge in [0.2, 0.25) is 5.91 Å². The number of rotatable bonds is 5. The highest BCUT2D eigenvalue weighted by Crippen LogP contribution is 2.47. The van der Waals surface area contributed by atoms with Crippen molar-refractivity contribution in [2.75, 3.05) is 14.2 Å². The highest BCUT2D eigenvalue weighted by Gasteiger charge is 2.43. The fourth-order valence-electron chi connectivity index (χ4n) is 3.04. The van der Waals surface area contributed by atoms with Crippen LogP contribution >= 0.6 is 12.2 Å². The van der Waals surface area contributed by atoms with Crippen LogP contribution in [0.15, 0.2) is 48.5 Å². The predicted octanol–water partition coefficient (Wildman–Crippen LogP) is 2.14. The molecule has 8 heteroatoms. The third kappa shape index (κ3) is 4.40. The third-order valence-corrected chi connectivity index (χ3v) is 4.74. The molecule has 0 aromatic heterocycles. The van der Waals surface area contributed by atoms with Gasteiger partial charge in [-0.1, -0.05) is 36.4 Å². The quantitative estimate of drug-likeness (QED) is 0.527. The second kappa shape index (κ2) is 8.71. The molecule has 1 saturated carbocycles. The molecule has 3 rings (SSSR count). The van der Waals surface area contributed by atoms with Gasteiger partial charge in [0.15, 0.2) is 5.11 Å². The Morgan fingerprint density at radius 1 is 0.964 bits per heavy atom. The minimum Gasteiger partial charge on any atom is -0.496 e. The van der Waals surface area contributed by atoms with Crippen molar-refractivity contribution in [2.45, 2.75) is 12.3 Å². The number of carbonyl (C=O) groups excluding carboxylic acids is 2. The Hall–Kier alpha value is -3.13. The molecule has 0 spiro atoms. The Kier molecular flexibility index (Phi) is 6.10. The van der Waals surface area contributed by atoms with Crippen LogP contribution in [0, 0.1) is 5.92 Å². The number of nitrogens with one attached hydrogen (secondary N) is 3. The summed E-state index contributed by atoms with van der Waals surface area (Å²) in [5.41, 5.74) is 6.48. The lowest BCUT2D eigenvalue weighted by Gasteiger charge is -2.14. The van der Waals surface area contributed by atoms with Gasteiger partial charge in [0.05, 0.1) is 14.2 Å². The van der Waals surface area contributed by atoms with E-state index in [0.717, 1.165) is 12.0 Å². The van der Waals surface area contributed by atoms with E-state index in [0.29, 0.717) is 11.5 Å². The van der Waals surface area contributed by atoms with Crippen molar-refractivity contribution in [3.05, 3.63) is 59.7 Å². The minimum atomic E-state index is -0.505. The van der Waals surface area contributed by atoms with Gasteiger partial charge < -0.3 is 9.47 Å². The van der Waals surface area contributed by atoms with E-state index in [1.54, 1.807) is 18.2 Å². The zero-order chi connectivity index (χ0) is 20.1. The van der Waals surface area contributed by atoms with Gasteiger partial charge in [0.1, 0.15) is 17.1 Å². The van der Waals surface area contributed by atoms with E-state index in [2.05, 4.69) is 16.2 Å². The van der Waals surface area contributed by atoms with E-state index in [1.807, 2.05) is 30.3 Å². The van der Waals surface area contributed by atoms with Crippen molar-refractivity contribution in [1.82, 2.24) is 16.2 Å². The van der Waals surface area contributed by atoms with Crippen molar-refractivity contribution in [3.8, 4) is 11.5 Å². The summed E-state index contributed by atoms with van der Waals surface area (Å²) < 4.78 is 10.4. The monoisotopic (exact) mass is 399 g/mol. The summed E-state index contributed by atoms with van der Waals surface area (Å²) in [6.45, 7) is 0. The van der Waals surface area contributed by atoms with Crippen molar-refractivity contribution >= 4 is 29.1 Å². The summed E-state index contributed by atoms with van der Waals surface area (Å²) in [6.07, 6.45) is 0.787. The molecule has 1 aliphatic rings. The average Bonchev–Trinajstić information content (AvgIpc) is 3.53. The van der Waals surface area contributed by atoms with Crippen LogP contribution in [0.2, 0.25) is 0 Å². The number of amides is 2. The van der Waals surface area contributed by atoms with Crippen molar-refractivity contribution < 1.29 is 19.1 Å². The second-order valence-electron chi connectivity index (χ2n) is 6.29. The summed E-state index contributed by atoms with van der Waals surface area (Å²) in [5.74, 6) is 0.140. The lowest BCUT2D eigenvalue weighted by atomic mass is 10.1. The molecule has 2 atom stereocenters. The highest BCUT2D eigenvalue weighted by molar-refractivity contribution is 7.80. The molecule has 2 unspecified atom stereocenters. The number of ether oxygens (including phenoxy) is 2. The molecule has 7 nitrogen and oxygen atoms in total. The van der Waals surface area contributed by atoms with Gasteiger partial charge in [0, 0.05) is 5.92 Å². The maximum atomic E-state index is 12.5. The summed E-state index contributed by atoms with van der Waals surface area (Å²) in [6, 6.07) is 14.9. The molecule has 1 aliphatic carbocycles. The Labute approximate surface area is 168 Å². The summed E-state index contributed by atoms with van der Waals surface area (Å²) in [5, 5.41) is 2.49. The maximum Gasteiger partial charge on any atom is 0.265 e. The molecule has 3 N–H and O–H groups in total. The normalized spacial score (nSPS) is 17.2. The third-order valence-electron chi connectivity index (χ3n) is 4.54. The standard InChI is InChI=1S/C20H21N3O4S/c1-26-15-9-6-10-16(27-2)17(15)19(25)21-20(28)23-22-18(24)14-11-13(14)12-7-4-3-5-8-12/h3-10,13-14H,11H2,1-2H3,(H,22,24)(H2,21,23,25,28). The van der Waals surface area contributed by atoms with Gasteiger partial charge in [-0.2, -0.15) is 0 Å². The molecular weight excluding hydrogens is 378 g/mol. The maximum absolute atomic E-state index is 12.5. The lowest BCUT2D eigenvalue weighted by molar-refractivity contribution is -0.123. The van der Waals surface area contributed by atoms with E-state index in [4.69, 9.17) is 21.7 Å². The van der Waals surface area contributed by atoms with Gasteiger partial charge in [-0.15, -0.1) is 0 Å². The Bertz CT molecular complexity index is 866. The largest absolute Gasteiger partial charge is 0.496 e. The van der Waals surface area contributed by atoms with E-state index in [9.17, 15) is 9.59 Å². The average molecular weight is 399 g/mol. The highest BCUT2D eigenvalue weighted by atomic mass is 32.1. The van der Waals surface area contributed by atoms with E-state index in [1.165, 1.54) is 14.2 Å². The first-order chi connectivity index (χ1) is 13.5. The molecule has 0 heterocycles. The molecule has 0 aliphatic heterocycles. The lowest BCUT2D eigenvalue weighted by Crippen LogP contribution is -2.49. The minimum absolute atomic E-state index is 0.0248. The van der Waals surface area contributed by atoms with Crippen LogP contribution in [0.5, 0.6) is 11.5 Å². The number of methoxy groups -OCH3 is 2. The molecule has 1 fully saturated rings. The van der Waals surface area contributed by atoms with Crippen LogP contribution in [0.3, 0.4) is 0 Å². The number of hydrogen-bond acceptors (Lipinski definition) is 5. The second-order valence-corrected chi connectivity index (χ2v) is 6.70. The van der Waals surface area contributed by atoms with Gasteiger partial charge >= 0.3 is 0 Å². The number of benzene rings is 2. The summed E-state index contributed by atoms with van der Waals surface area (Å²) >= 11 is 5.10. The first-order valence-electron chi connectivity index (χ1n) is 8.72. The van der Waals surface area contributed by atoms with E-state index < -0.39 is 5.91 Å². The molecule has 0 radical (unpaired) electrons. The van der Waals surface area contributed by atoms with E-state index in [-0.39, 0.29) is 28.4 Å². The van der Waals surface area contributed by atoms with Crippen LogP contribution in [0.25, 0.3) is 0 Å². The number of hydrogen-bond donors (Lipinski definition) is 3. The number of carbonyl (C=O) groups is 2. The smallest absolute Gasteiger partial charge is 0.265 e. The van der Waals surface area contributed by atoms with Crippen LogP contribution in [-0.2, 0) is 4.79 Å². The summed E-state index contributed by atoms with van der Waals surface area (Å²) in [4.78, 5) is 24.8. The number of hydrazine groups is 1. The SMILES string of the molecule is COc1cccc(OC)c1C(=O)NC(=S)NNC(=O)C1CC1c1ccccc1. The molecule has 28 heavy (non-hydrogen) atoms. The van der Waals surface area contributed by atoms with Crippen molar-refractivity contribution in [2.24, 2.45) is 5.92 Å². The molecule has 2 aromatic carbocycles.